The number of carboxylic acids is 1. The standard InChI is InChI=1S/C14H17NO4/c16-10-11-1-3-12(4-2-11)14(19)5-7-15(8-6-14)9-13(17)18/h1-4,10,19H,5-9H2,(H,17,18). The third-order valence-corrected chi connectivity index (χ3v) is 3.63. The second kappa shape index (κ2) is 5.50. The van der Waals surface area contributed by atoms with E-state index in [0.717, 1.165) is 11.8 Å². The summed E-state index contributed by atoms with van der Waals surface area (Å²) < 4.78 is 0. The van der Waals surface area contributed by atoms with Crippen LogP contribution in [0.25, 0.3) is 0 Å². The van der Waals surface area contributed by atoms with Crippen LogP contribution >= 0.6 is 0 Å². The number of hydrogen-bond donors (Lipinski definition) is 2. The molecule has 1 aromatic carbocycles. The summed E-state index contributed by atoms with van der Waals surface area (Å²) in [6.07, 6.45) is 1.77. The van der Waals surface area contributed by atoms with Gasteiger partial charge >= 0.3 is 5.97 Å². The van der Waals surface area contributed by atoms with Gasteiger partial charge in [-0.15, -0.1) is 0 Å². The van der Waals surface area contributed by atoms with E-state index >= 15 is 0 Å². The Labute approximate surface area is 111 Å². The zero-order valence-electron chi connectivity index (χ0n) is 10.6. The van der Waals surface area contributed by atoms with Crippen molar-refractivity contribution in [2.75, 3.05) is 19.6 Å². The van der Waals surface area contributed by atoms with Gasteiger partial charge in [-0.3, -0.25) is 14.5 Å². The van der Waals surface area contributed by atoms with Gasteiger partial charge in [0.05, 0.1) is 12.1 Å². The molecule has 0 radical (unpaired) electrons. The van der Waals surface area contributed by atoms with Crippen molar-refractivity contribution >= 4 is 12.3 Å². The van der Waals surface area contributed by atoms with Crippen molar-refractivity contribution in [3.8, 4) is 0 Å². The van der Waals surface area contributed by atoms with Crippen molar-refractivity contribution in [1.29, 1.82) is 0 Å². The lowest BCUT2D eigenvalue weighted by Crippen LogP contribution is -2.44. The number of carbonyl (C=O) groups excluding carboxylic acids is 1. The molecule has 0 atom stereocenters. The van der Waals surface area contributed by atoms with Crippen molar-refractivity contribution in [2.45, 2.75) is 18.4 Å². The molecule has 0 saturated carbocycles. The predicted molar refractivity (Wildman–Crippen MR) is 69.0 cm³/mol. The van der Waals surface area contributed by atoms with Gasteiger partial charge in [0.15, 0.2) is 0 Å². The summed E-state index contributed by atoms with van der Waals surface area (Å²) in [5.41, 5.74) is 0.444. The maximum absolute atomic E-state index is 10.6. The number of aldehydes is 1. The molecule has 5 heteroatoms. The van der Waals surface area contributed by atoms with E-state index in [9.17, 15) is 14.7 Å². The Hall–Kier alpha value is -1.72. The average Bonchev–Trinajstić information content (AvgIpc) is 2.41. The third-order valence-electron chi connectivity index (χ3n) is 3.63. The molecule has 0 unspecified atom stereocenters. The first-order valence-corrected chi connectivity index (χ1v) is 6.26. The fourth-order valence-corrected chi connectivity index (χ4v) is 2.43. The van der Waals surface area contributed by atoms with Crippen LogP contribution in [0.3, 0.4) is 0 Å². The van der Waals surface area contributed by atoms with Crippen LogP contribution in [-0.2, 0) is 10.4 Å². The van der Waals surface area contributed by atoms with Crippen molar-refractivity contribution < 1.29 is 19.8 Å². The van der Waals surface area contributed by atoms with Gasteiger partial charge in [0, 0.05) is 18.7 Å². The molecule has 1 fully saturated rings. The summed E-state index contributed by atoms with van der Waals surface area (Å²) in [6, 6.07) is 6.89. The molecule has 0 aliphatic carbocycles. The molecule has 2 rings (SSSR count). The number of nitrogens with zero attached hydrogens (tertiary/aromatic N) is 1. The topological polar surface area (TPSA) is 77.8 Å². The van der Waals surface area contributed by atoms with E-state index in [1.165, 1.54) is 0 Å². The van der Waals surface area contributed by atoms with Crippen LogP contribution in [0.5, 0.6) is 0 Å². The summed E-state index contributed by atoms with van der Waals surface area (Å²) in [5, 5.41) is 19.3. The second-order valence-corrected chi connectivity index (χ2v) is 4.94. The lowest BCUT2D eigenvalue weighted by molar-refractivity contribution is -0.139. The highest BCUT2D eigenvalue weighted by atomic mass is 16.4. The number of piperidine rings is 1. The molecule has 0 bridgehead atoms. The highest BCUT2D eigenvalue weighted by Gasteiger charge is 2.34. The lowest BCUT2D eigenvalue weighted by Gasteiger charge is -2.37. The number of aliphatic hydroxyl groups is 1. The molecule has 1 heterocycles. The largest absolute Gasteiger partial charge is 0.480 e. The molecule has 0 aromatic heterocycles. The van der Waals surface area contributed by atoms with Gasteiger partial charge in [-0.05, 0) is 18.4 Å². The third kappa shape index (κ3) is 3.19. The Bertz CT molecular complexity index is 461. The Morgan fingerprint density at radius 1 is 1.26 bits per heavy atom. The first-order chi connectivity index (χ1) is 9.03. The summed E-state index contributed by atoms with van der Waals surface area (Å²) in [6.45, 7) is 1.12. The Morgan fingerprint density at radius 3 is 2.32 bits per heavy atom. The van der Waals surface area contributed by atoms with Gasteiger partial charge in [-0.2, -0.15) is 0 Å². The fourth-order valence-electron chi connectivity index (χ4n) is 2.43. The van der Waals surface area contributed by atoms with Gasteiger partial charge in [-0.25, -0.2) is 0 Å². The van der Waals surface area contributed by atoms with E-state index in [-0.39, 0.29) is 6.54 Å². The van der Waals surface area contributed by atoms with E-state index < -0.39 is 11.6 Å². The van der Waals surface area contributed by atoms with Gasteiger partial charge in [-0.1, -0.05) is 24.3 Å². The molecule has 19 heavy (non-hydrogen) atoms. The molecular weight excluding hydrogens is 246 g/mol. The van der Waals surface area contributed by atoms with Crippen molar-refractivity contribution in [3.05, 3.63) is 35.4 Å². The smallest absolute Gasteiger partial charge is 0.317 e. The summed E-state index contributed by atoms with van der Waals surface area (Å²) in [5.74, 6) is -0.847. The molecule has 1 saturated heterocycles. The highest BCUT2D eigenvalue weighted by Crippen LogP contribution is 2.32. The van der Waals surface area contributed by atoms with E-state index in [0.29, 0.717) is 31.5 Å². The molecule has 102 valence electrons. The number of likely N-dealkylation sites (tertiary alicyclic amines) is 1. The van der Waals surface area contributed by atoms with Crippen LogP contribution in [0, 0.1) is 0 Å². The van der Waals surface area contributed by atoms with Crippen LogP contribution in [0.15, 0.2) is 24.3 Å². The second-order valence-electron chi connectivity index (χ2n) is 4.94. The molecule has 0 amide bonds. The van der Waals surface area contributed by atoms with Gasteiger partial charge in [0.2, 0.25) is 0 Å². The fraction of sp³-hybridized carbons (Fsp3) is 0.429. The van der Waals surface area contributed by atoms with E-state index in [1.807, 2.05) is 4.90 Å². The number of hydrogen-bond acceptors (Lipinski definition) is 4. The highest BCUT2D eigenvalue weighted by molar-refractivity contribution is 5.74. The van der Waals surface area contributed by atoms with Gasteiger partial charge in [0.1, 0.15) is 6.29 Å². The van der Waals surface area contributed by atoms with Gasteiger partial charge < -0.3 is 10.2 Å². The minimum absolute atomic E-state index is 0.0140. The van der Waals surface area contributed by atoms with Crippen molar-refractivity contribution in [3.63, 3.8) is 0 Å². The molecule has 1 aromatic rings. The zero-order chi connectivity index (χ0) is 13.9. The lowest BCUT2D eigenvalue weighted by atomic mass is 9.84. The number of rotatable bonds is 4. The Kier molecular flexibility index (Phi) is 3.97. The van der Waals surface area contributed by atoms with E-state index in [2.05, 4.69) is 0 Å². The monoisotopic (exact) mass is 263 g/mol. The Morgan fingerprint density at radius 2 is 1.84 bits per heavy atom. The van der Waals surface area contributed by atoms with Gasteiger partial charge in [0.25, 0.3) is 0 Å². The zero-order valence-corrected chi connectivity index (χ0v) is 10.6. The van der Waals surface area contributed by atoms with Crippen LogP contribution < -0.4 is 0 Å². The number of carboxylic acid groups (broad SMARTS) is 1. The van der Waals surface area contributed by atoms with Crippen molar-refractivity contribution in [2.24, 2.45) is 0 Å². The molecular formula is C14H17NO4. The summed E-state index contributed by atoms with van der Waals surface area (Å²) in [4.78, 5) is 23.0. The molecule has 5 nitrogen and oxygen atoms in total. The predicted octanol–water partition coefficient (Wildman–Crippen LogP) is 0.867. The SMILES string of the molecule is O=Cc1ccc(C2(O)CCN(CC(=O)O)CC2)cc1. The summed E-state index contributed by atoms with van der Waals surface area (Å²) in [7, 11) is 0. The van der Waals surface area contributed by atoms with E-state index in [1.54, 1.807) is 24.3 Å². The normalized spacial score (nSPS) is 19.0. The maximum atomic E-state index is 10.6. The van der Waals surface area contributed by atoms with Crippen LogP contribution in [0.4, 0.5) is 0 Å². The Balaban J connectivity index is 2.04. The summed E-state index contributed by atoms with van der Waals surface area (Å²) >= 11 is 0. The number of carbonyl (C=O) groups is 2. The first kappa shape index (κ1) is 13.7. The van der Waals surface area contributed by atoms with Crippen LogP contribution in [-0.4, -0.2) is 47.0 Å². The molecule has 2 N–H and O–H groups in total. The first-order valence-electron chi connectivity index (χ1n) is 6.26. The van der Waals surface area contributed by atoms with Crippen molar-refractivity contribution in [1.82, 2.24) is 4.90 Å². The molecule has 0 spiro atoms. The minimum Gasteiger partial charge on any atom is -0.480 e. The van der Waals surface area contributed by atoms with Crippen LogP contribution in [0.1, 0.15) is 28.8 Å². The molecule has 1 aliphatic rings. The number of aliphatic carboxylic acids is 1. The average molecular weight is 263 g/mol. The maximum Gasteiger partial charge on any atom is 0.317 e. The van der Waals surface area contributed by atoms with E-state index in [4.69, 9.17) is 5.11 Å². The quantitative estimate of drug-likeness (QED) is 0.788. The minimum atomic E-state index is -0.920. The number of benzene rings is 1. The molecule has 1 aliphatic heterocycles. The van der Waals surface area contributed by atoms with Crippen LogP contribution in [0.2, 0.25) is 0 Å².